The molecule has 0 saturated carbocycles. The molecule has 0 spiro atoms. The van der Waals surface area contributed by atoms with Crippen molar-refractivity contribution < 1.29 is 13.2 Å². The molecule has 0 aromatic heterocycles. The number of nitrogens with zero attached hydrogens (tertiary/aromatic N) is 1. The molecule has 1 unspecified atom stereocenters. The molecule has 0 bridgehead atoms. The molecule has 0 radical (unpaired) electrons. The van der Waals surface area contributed by atoms with Crippen molar-refractivity contribution in [2.24, 2.45) is 0 Å². The first-order chi connectivity index (χ1) is 8.83. The van der Waals surface area contributed by atoms with E-state index in [2.05, 4.69) is 5.32 Å². The van der Waals surface area contributed by atoms with E-state index in [4.69, 9.17) is 11.6 Å². The summed E-state index contributed by atoms with van der Waals surface area (Å²) in [6.45, 7) is -0.553. The molecule has 0 heterocycles. The molecule has 1 aromatic carbocycles. The van der Waals surface area contributed by atoms with Crippen molar-refractivity contribution in [1.82, 2.24) is 10.2 Å². The Morgan fingerprint density at radius 3 is 2.47 bits per heavy atom. The third kappa shape index (κ3) is 5.80. The van der Waals surface area contributed by atoms with Crippen LogP contribution in [0.1, 0.15) is 18.0 Å². The molecule has 0 amide bonds. The second-order valence-electron chi connectivity index (χ2n) is 4.50. The Morgan fingerprint density at radius 2 is 1.95 bits per heavy atom. The molecule has 0 aliphatic carbocycles. The summed E-state index contributed by atoms with van der Waals surface area (Å²) in [5.74, 6) is 0. The first-order valence-electron chi connectivity index (χ1n) is 6.00. The molecular formula is C13H18ClF3N2. The largest absolute Gasteiger partial charge is 0.401 e. The van der Waals surface area contributed by atoms with Gasteiger partial charge in [-0.25, -0.2) is 0 Å². The highest BCUT2D eigenvalue weighted by Crippen LogP contribution is 2.25. The summed E-state index contributed by atoms with van der Waals surface area (Å²) >= 11 is 6.09. The van der Waals surface area contributed by atoms with E-state index in [0.29, 0.717) is 18.0 Å². The maximum atomic E-state index is 12.2. The maximum absolute atomic E-state index is 12.2. The van der Waals surface area contributed by atoms with E-state index in [1.807, 2.05) is 18.2 Å². The number of hydrogen-bond donors (Lipinski definition) is 1. The van der Waals surface area contributed by atoms with Gasteiger partial charge >= 0.3 is 6.18 Å². The van der Waals surface area contributed by atoms with Gasteiger partial charge in [-0.3, -0.25) is 4.90 Å². The average molecular weight is 295 g/mol. The third-order valence-electron chi connectivity index (χ3n) is 2.88. The van der Waals surface area contributed by atoms with Gasteiger partial charge in [-0.2, -0.15) is 13.2 Å². The van der Waals surface area contributed by atoms with Gasteiger partial charge in [0.15, 0.2) is 0 Å². The molecule has 1 N–H and O–H groups in total. The second kappa shape index (κ2) is 7.12. The van der Waals surface area contributed by atoms with E-state index in [1.54, 1.807) is 13.1 Å². The summed E-state index contributed by atoms with van der Waals surface area (Å²) in [5, 5.41) is 3.71. The highest BCUT2D eigenvalue weighted by atomic mass is 35.5. The molecule has 1 atom stereocenters. The smallest absolute Gasteiger partial charge is 0.313 e. The molecule has 1 aromatic rings. The van der Waals surface area contributed by atoms with Gasteiger partial charge in [-0.15, -0.1) is 0 Å². The van der Waals surface area contributed by atoms with Crippen molar-refractivity contribution in [2.75, 3.05) is 27.2 Å². The Balaban J connectivity index is 2.57. The fourth-order valence-corrected chi connectivity index (χ4v) is 2.22. The Hall–Kier alpha value is -0.780. The lowest BCUT2D eigenvalue weighted by molar-refractivity contribution is -0.143. The number of halogens is 4. The van der Waals surface area contributed by atoms with Crippen LogP contribution < -0.4 is 5.32 Å². The minimum atomic E-state index is -4.16. The van der Waals surface area contributed by atoms with Gasteiger partial charge < -0.3 is 5.32 Å². The maximum Gasteiger partial charge on any atom is 0.401 e. The van der Waals surface area contributed by atoms with E-state index in [9.17, 15) is 13.2 Å². The Kier molecular flexibility index (Phi) is 6.10. The molecule has 0 aliphatic rings. The zero-order chi connectivity index (χ0) is 14.5. The summed E-state index contributed by atoms with van der Waals surface area (Å²) in [5.41, 5.74) is 0.909. The minimum absolute atomic E-state index is 0.0515. The van der Waals surface area contributed by atoms with Crippen molar-refractivity contribution in [3.05, 3.63) is 34.9 Å². The molecule has 0 saturated heterocycles. The van der Waals surface area contributed by atoms with Gasteiger partial charge in [-0.05, 0) is 38.7 Å². The van der Waals surface area contributed by atoms with Gasteiger partial charge in [0.2, 0.25) is 0 Å². The van der Waals surface area contributed by atoms with Crippen LogP contribution in [0.25, 0.3) is 0 Å². The summed E-state index contributed by atoms with van der Waals surface area (Å²) in [6, 6.07) is 7.30. The molecule has 1 rings (SSSR count). The van der Waals surface area contributed by atoms with E-state index in [-0.39, 0.29) is 6.04 Å². The van der Waals surface area contributed by atoms with Crippen molar-refractivity contribution in [2.45, 2.75) is 18.6 Å². The quantitative estimate of drug-likeness (QED) is 0.864. The monoisotopic (exact) mass is 294 g/mol. The normalized spacial score (nSPS) is 13.8. The van der Waals surface area contributed by atoms with E-state index < -0.39 is 12.7 Å². The predicted molar refractivity (Wildman–Crippen MR) is 71.4 cm³/mol. The van der Waals surface area contributed by atoms with Crippen LogP contribution in [0.3, 0.4) is 0 Å². The summed E-state index contributed by atoms with van der Waals surface area (Å²) in [6.07, 6.45) is -3.60. The number of rotatable bonds is 6. The fourth-order valence-electron chi connectivity index (χ4n) is 1.95. The fraction of sp³-hybridized carbons (Fsp3) is 0.538. The van der Waals surface area contributed by atoms with Gasteiger partial charge in [0.05, 0.1) is 6.54 Å². The van der Waals surface area contributed by atoms with Crippen LogP contribution in [0.2, 0.25) is 5.02 Å². The minimum Gasteiger partial charge on any atom is -0.313 e. The summed E-state index contributed by atoms with van der Waals surface area (Å²) in [7, 11) is 3.24. The highest BCUT2D eigenvalue weighted by molar-refractivity contribution is 6.31. The van der Waals surface area contributed by atoms with Crippen molar-refractivity contribution in [1.29, 1.82) is 0 Å². The summed E-state index contributed by atoms with van der Waals surface area (Å²) < 4.78 is 36.7. The molecular weight excluding hydrogens is 277 g/mol. The van der Waals surface area contributed by atoms with Crippen LogP contribution in [-0.2, 0) is 0 Å². The summed E-state index contributed by atoms with van der Waals surface area (Å²) in [4.78, 5) is 1.27. The number of benzene rings is 1. The third-order valence-corrected chi connectivity index (χ3v) is 3.22. The van der Waals surface area contributed by atoms with Crippen LogP contribution >= 0.6 is 11.6 Å². The lowest BCUT2D eigenvalue weighted by atomic mass is 10.0. The van der Waals surface area contributed by atoms with Gasteiger partial charge in [0.25, 0.3) is 0 Å². The first kappa shape index (κ1) is 16.3. The van der Waals surface area contributed by atoms with Crippen molar-refractivity contribution in [3.8, 4) is 0 Å². The van der Waals surface area contributed by atoms with Gasteiger partial charge in [-0.1, -0.05) is 29.8 Å². The molecule has 0 aliphatic heterocycles. The SMILES string of the molecule is CNC(CCN(C)CC(F)(F)F)c1ccccc1Cl. The predicted octanol–water partition coefficient (Wildman–Crippen LogP) is 3.48. The molecule has 2 nitrogen and oxygen atoms in total. The molecule has 6 heteroatoms. The molecule has 0 fully saturated rings. The number of nitrogens with one attached hydrogen (secondary N) is 1. The zero-order valence-corrected chi connectivity index (χ0v) is 11.7. The van der Waals surface area contributed by atoms with E-state index >= 15 is 0 Å². The van der Waals surface area contributed by atoms with Crippen LogP contribution in [-0.4, -0.2) is 38.3 Å². The average Bonchev–Trinajstić information content (AvgIpc) is 2.29. The Bertz CT molecular complexity index is 396. The molecule has 108 valence electrons. The van der Waals surface area contributed by atoms with Crippen LogP contribution in [0.15, 0.2) is 24.3 Å². The second-order valence-corrected chi connectivity index (χ2v) is 4.91. The van der Waals surface area contributed by atoms with Crippen LogP contribution in [0.5, 0.6) is 0 Å². The van der Waals surface area contributed by atoms with Gasteiger partial charge in [0.1, 0.15) is 0 Å². The van der Waals surface area contributed by atoms with Crippen molar-refractivity contribution in [3.63, 3.8) is 0 Å². The van der Waals surface area contributed by atoms with Crippen molar-refractivity contribution >= 4 is 11.6 Å². The lowest BCUT2D eigenvalue weighted by Gasteiger charge is -2.23. The Labute approximate surface area is 116 Å². The zero-order valence-electron chi connectivity index (χ0n) is 11.0. The van der Waals surface area contributed by atoms with Crippen LogP contribution in [0.4, 0.5) is 13.2 Å². The number of hydrogen-bond acceptors (Lipinski definition) is 2. The lowest BCUT2D eigenvalue weighted by Crippen LogP contribution is -2.33. The first-order valence-corrected chi connectivity index (χ1v) is 6.38. The van der Waals surface area contributed by atoms with Crippen LogP contribution in [0, 0.1) is 0 Å². The standard InChI is InChI=1S/C13H18ClF3N2/c1-18-12(10-5-3-4-6-11(10)14)7-8-19(2)9-13(15,16)17/h3-6,12,18H,7-9H2,1-2H3. The number of alkyl halides is 3. The van der Waals surface area contributed by atoms with E-state index in [1.165, 1.54) is 11.9 Å². The Morgan fingerprint density at radius 1 is 1.32 bits per heavy atom. The highest BCUT2D eigenvalue weighted by Gasteiger charge is 2.29. The molecule has 19 heavy (non-hydrogen) atoms. The van der Waals surface area contributed by atoms with E-state index in [0.717, 1.165) is 5.56 Å². The topological polar surface area (TPSA) is 15.3 Å². The van der Waals surface area contributed by atoms with Gasteiger partial charge in [0, 0.05) is 11.1 Å².